The van der Waals surface area contributed by atoms with Crippen molar-refractivity contribution < 1.29 is 19.1 Å². The molecule has 550 valence electrons. The molecule has 0 spiro atoms. The molecule has 2 aromatic rings. The van der Waals surface area contributed by atoms with Crippen molar-refractivity contribution in [2.24, 2.45) is 0 Å². The van der Waals surface area contributed by atoms with Gasteiger partial charge < -0.3 is 5.53 Å². The Balaban J connectivity index is 0.000000647. The number of benzene rings is 2. The van der Waals surface area contributed by atoms with Gasteiger partial charge in [0.25, 0.3) is 0 Å². The number of hydrogen-bond donors (Lipinski definition) is 0. The van der Waals surface area contributed by atoms with E-state index >= 15 is 0 Å². The molecule has 0 fully saturated rings. The van der Waals surface area contributed by atoms with Gasteiger partial charge in [-0.1, -0.05) is 285 Å². The summed E-state index contributed by atoms with van der Waals surface area (Å²) in [4.78, 5) is 0. The van der Waals surface area contributed by atoms with Gasteiger partial charge in [-0.3, -0.25) is 0 Å². The van der Waals surface area contributed by atoms with E-state index in [4.69, 9.17) is 0 Å². The van der Waals surface area contributed by atoms with Crippen molar-refractivity contribution in [3.63, 3.8) is 0 Å². The summed E-state index contributed by atoms with van der Waals surface area (Å²) in [5.74, 6) is 0. The maximum atomic E-state index is 12.1. The standard InChI is InChI=1S/C44H68N2.2C24H47.Ni/c1-6-11-16-17-18-19-20-21-22-23-28-40-35-43(41-31-36(24-12-7-2)29-37(32-41)25-13-8-3)46(45)44(40)42-33-38(26-14-9-4)30-39(34-42)27-15-10-5;2*1-3-5-7-9-11-13-15-17-19-21-23-24-22-20-18-16-14-12-10-8-6-4-2;/h29-35H,6-28H2,1-5H3;2*1,3H,4-24H2,2H3;. The first-order valence-corrected chi connectivity index (χ1v) is 44.1. The second-order valence-electron chi connectivity index (χ2n) is 29.9. The van der Waals surface area contributed by atoms with Gasteiger partial charge in [-0.05, 0) is 111 Å². The van der Waals surface area contributed by atoms with E-state index in [9.17, 15) is 5.53 Å². The van der Waals surface area contributed by atoms with Crippen LogP contribution < -0.4 is 0 Å². The van der Waals surface area contributed by atoms with E-state index in [-0.39, 0.29) is 0 Å². The third-order valence-corrected chi connectivity index (χ3v) is 21.4. The van der Waals surface area contributed by atoms with Crippen LogP contribution in [-0.4, -0.2) is 4.70 Å². The molecule has 0 amide bonds. The molecule has 0 saturated carbocycles. The van der Waals surface area contributed by atoms with Crippen LogP contribution in [0.4, 0.5) is 0 Å². The second-order valence-corrected chi connectivity index (χ2v) is 30.9. The van der Waals surface area contributed by atoms with Crippen LogP contribution in [0.5, 0.6) is 0 Å². The number of nitrogens with zero attached hydrogens (tertiary/aromatic N) is 2. The fraction of sp³-hybridized carbons (Fsp3) is 0.783. The monoisotopic (exact) mass is 1350 g/mol. The van der Waals surface area contributed by atoms with E-state index in [0.29, 0.717) is 0 Å². The minimum absolute atomic E-state index is 0.960. The molecule has 0 atom stereocenters. The Morgan fingerprint density at radius 2 is 0.495 bits per heavy atom. The van der Waals surface area contributed by atoms with Crippen LogP contribution >= 0.6 is 0 Å². The van der Waals surface area contributed by atoms with Gasteiger partial charge in [0, 0.05) is 22.8 Å². The van der Waals surface area contributed by atoms with Gasteiger partial charge >= 0.3 is 165 Å². The molecule has 0 bridgehead atoms. The van der Waals surface area contributed by atoms with Crippen molar-refractivity contribution in [1.82, 2.24) is 0 Å². The molecule has 2 aromatic carbocycles. The first kappa shape index (κ1) is 88.6. The molecule has 0 N–H and O–H groups in total. The topological polar surface area (TPSA) is 25.3 Å². The zero-order valence-corrected chi connectivity index (χ0v) is 66.0. The van der Waals surface area contributed by atoms with Crippen molar-refractivity contribution in [2.45, 2.75) is 466 Å². The first-order chi connectivity index (χ1) is 47.0. The predicted molar refractivity (Wildman–Crippen MR) is 426 cm³/mol. The van der Waals surface area contributed by atoms with Crippen LogP contribution in [0, 0.1) is 0 Å². The Morgan fingerprint density at radius 3 is 0.758 bits per heavy atom. The van der Waals surface area contributed by atoms with Gasteiger partial charge in [0.2, 0.25) is 11.4 Å². The Morgan fingerprint density at radius 1 is 0.263 bits per heavy atom. The van der Waals surface area contributed by atoms with Crippen LogP contribution in [0.1, 0.15) is 474 Å². The number of rotatable bonds is 69. The third kappa shape index (κ3) is 51.3. The Hall–Kier alpha value is -2.51. The van der Waals surface area contributed by atoms with E-state index in [1.54, 1.807) is 19.1 Å². The summed E-state index contributed by atoms with van der Waals surface area (Å²) in [6, 6.07) is 14.3. The summed E-state index contributed by atoms with van der Waals surface area (Å²) in [5.41, 5.74) is 23.4. The van der Waals surface area contributed by atoms with E-state index in [0.717, 1.165) is 43.5 Å². The summed E-state index contributed by atoms with van der Waals surface area (Å²) >= 11 is 1.69. The molecule has 0 aromatic heterocycles. The van der Waals surface area contributed by atoms with Crippen molar-refractivity contribution in [2.75, 3.05) is 0 Å². The maximum absolute atomic E-state index is 12.1. The van der Waals surface area contributed by atoms with E-state index in [2.05, 4.69) is 113 Å². The molecule has 0 aliphatic carbocycles. The zero-order valence-electron chi connectivity index (χ0n) is 65.0. The predicted octanol–water partition coefficient (Wildman–Crippen LogP) is 32.7. The smallest absolute Gasteiger partial charge is 0.0654 e. The van der Waals surface area contributed by atoms with Crippen LogP contribution in [-0.2, 0) is 40.1 Å². The zero-order chi connectivity index (χ0) is 68.2. The van der Waals surface area contributed by atoms with E-state index in [1.165, 1.54) is 424 Å². The van der Waals surface area contributed by atoms with Crippen LogP contribution in [0.3, 0.4) is 0 Å². The number of aryl methyl sites for hydroxylation is 4. The van der Waals surface area contributed by atoms with Gasteiger partial charge in [0.05, 0.1) is 0 Å². The average molecular weight is 1360 g/mol. The molecular weight excluding hydrogens is 1190 g/mol. The molecule has 1 heterocycles. The van der Waals surface area contributed by atoms with E-state index < -0.39 is 0 Å². The van der Waals surface area contributed by atoms with Crippen LogP contribution in [0.15, 0.2) is 70.3 Å². The van der Waals surface area contributed by atoms with Gasteiger partial charge in [-0.25, -0.2) is 4.70 Å². The molecule has 1 aliphatic rings. The fourth-order valence-electron chi connectivity index (χ4n) is 14.2. The third-order valence-electron chi connectivity index (χ3n) is 20.5. The number of allylic oxidation sites excluding steroid dienone is 4. The van der Waals surface area contributed by atoms with Crippen LogP contribution in [0.25, 0.3) is 16.9 Å². The van der Waals surface area contributed by atoms with Crippen LogP contribution in [0.2, 0.25) is 0 Å². The molecule has 2 nitrogen and oxygen atoms in total. The summed E-state index contributed by atoms with van der Waals surface area (Å²) in [6.45, 7) is 16.0. The van der Waals surface area contributed by atoms with Crippen molar-refractivity contribution in [3.05, 3.63) is 109 Å². The Labute approximate surface area is 601 Å². The average Bonchev–Trinajstić information content (AvgIpc) is 1.64. The molecule has 3 rings (SSSR count). The second kappa shape index (κ2) is 68.6. The minimum Gasteiger partial charge on any atom is -0.0654 e. The van der Waals surface area contributed by atoms with Gasteiger partial charge in [0.15, 0.2) is 0 Å². The molecule has 0 unspecified atom stereocenters. The number of unbranched alkanes of at least 4 members (excludes halogenated alkanes) is 53. The van der Waals surface area contributed by atoms with Gasteiger partial charge in [0.1, 0.15) is 0 Å². The Kier molecular flexibility index (Phi) is 64.0. The van der Waals surface area contributed by atoms with Gasteiger partial charge in [-0.15, -0.1) is 0 Å². The first-order valence-electron chi connectivity index (χ1n) is 43.0. The molecule has 1 aliphatic heterocycles. The van der Waals surface area contributed by atoms with Gasteiger partial charge in [-0.2, -0.15) is 0 Å². The molecule has 0 radical (unpaired) electrons. The molecular formula is C92H162N2Ni. The molecule has 3 heteroatoms. The summed E-state index contributed by atoms with van der Waals surface area (Å²) in [5, 5.41) is 4.66. The molecule has 95 heavy (non-hydrogen) atoms. The van der Waals surface area contributed by atoms with E-state index in [1.807, 2.05) is 0 Å². The van der Waals surface area contributed by atoms with Crippen molar-refractivity contribution in [1.29, 1.82) is 0 Å². The number of hydrogen-bond acceptors (Lipinski definition) is 0. The summed E-state index contributed by atoms with van der Waals surface area (Å²) in [6.07, 6.45) is 96.6. The SMILES string of the molecule is CCCCCCCCCCCCC1=C(c2cc(CCCC)cc(CCCC)c2)[N+](=[N-])C(c2cc(CCCC)cc(CCCC)c2)=C1.CCCCCCCCCCCCCCCCCCCCCCC=[CH][Ni][CH]=CCCCCCCCCCCCCCCCCCCCCCC. The quantitative estimate of drug-likeness (QED) is 0.0358. The fourth-order valence-corrected chi connectivity index (χ4v) is 14.9. The Bertz CT molecular complexity index is 2030. The van der Waals surface area contributed by atoms with Crippen molar-refractivity contribution >= 4 is 11.4 Å². The minimum atomic E-state index is 0.960. The van der Waals surface area contributed by atoms with Crippen molar-refractivity contribution in [3.8, 4) is 0 Å². The summed E-state index contributed by atoms with van der Waals surface area (Å²) < 4.78 is 1.57. The normalized spacial score (nSPS) is 12.6. The molecule has 0 saturated heterocycles. The summed E-state index contributed by atoms with van der Waals surface area (Å²) in [7, 11) is 0.